The maximum Gasteiger partial charge on any atom is 0.331 e. The van der Waals surface area contributed by atoms with E-state index in [9.17, 15) is 13.2 Å². The van der Waals surface area contributed by atoms with Gasteiger partial charge in [-0.05, 0) is 60.2 Å². The van der Waals surface area contributed by atoms with Crippen molar-refractivity contribution in [2.75, 3.05) is 6.54 Å². The van der Waals surface area contributed by atoms with Crippen LogP contribution in [0.4, 0.5) is 4.79 Å². The van der Waals surface area contributed by atoms with Crippen molar-refractivity contribution in [3.05, 3.63) is 63.6 Å². The molecule has 0 bridgehead atoms. The van der Waals surface area contributed by atoms with Crippen LogP contribution in [0.1, 0.15) is 29.2 Å². The standard InChI is InChI=1S/C18H17BrN2O3S/c19-15-7-4-13(5-8-15)17-11-21(18(22)20-17)25(23,24)16-9-6-12-2-1-3-14(12)10-16/h4-10,17H,1-3,11H2,(H,20,22). The van der Waals surface area contributed by atoms with Gasteiger partial charge in [0.05, 0.1) is 17.5 Å². The predicted octanol–water partition coefficient (Wildman–Crippen LogP) is 3.39. The van der Waals surface area contributed by atoms with E-state index >= 15 is 0 Å². The molecule has 2 amide bonds. The first kappa shape index (κ1) is 16.6. The molecule has 0 aromatic heterocycles. The molecule has 1 aliphatic carbocycles. The molecule has 1 aliphatic heterocycles. The molecule has 4 rings (SSSR count). The first-order valence-electron chi connectivity index (χ1n) is 8.16. The molecule has 1 fully saturated rings. The second-order valence-corrected chi connectivity index (χ2v) is 9.15. The fourth-order valence-corrected chi connectivity index (χ4v) is 5.11. The molecule has 7 heteroatoms. The minimum atomic E-state index is -3.85. The number of hydrogen-bond acceptors (Lipinski definition) is 3. The fraction of sp³-hybridized carbons (Fsp3) is 0.278. The van der Waals surface area contributed by atoms with Gasteiger partial charge in [0.2, 0.25) is 0 Å². The lowest BCUT2D eigenvalue weighted by atomic mass is 10.1. The van der Waals surface area contributed by atoms with Crippen molar-refractivity contribution in [3.63, 3.8) is 0 Å². The lowest BCUT2D eigenvalue weighted by Crippen LogP contribution is -2.34. The van der Waals surface area contributed by atoms with Gasteiger partial charge in [0.25, 0.3) is 10.0 Å². The van der Waals surface area contributed by atoms with Gasteiger partial charge in [0.1, 0.15) is 0 Å². The first-order chi connectivity index (χ1) is 11.9. The van der Waals surface area contributed by atoms with Crippen molar-refractivity contribution in [1.82, 2.24) is 9.62 Å². The van der Waals surface area contributed by atoms with E-state index in [1.165, 1.54) is 5.56 Å². The molecule has 1 saturated heterocycles. The summed E-state index contributed by atoms with van der Waals surface area (Å²) in [5.74, 6) is 0. The quantitative estimate of drug-likeness (QED) is 0.827. The number of urea groups is 1. The Morgan fingerprint density at radius 2 is 1.76 bits per heavy atom. The number of benzene rings is 2. The number of nitrogens with one attached hydrogen (secondary N) is 1. The molecule has 0 spiro atoms. The molecule has 1 N–H and O–H groups in total. The lowest BCUT2D eigenvalue weighted by Gasteiger charge is -2.16. The Morgan fingerprint density at radius 3 is 2.52 bits per heavy atom. The predicted molar refractivity (Wildman–Crippen MR) is 97.8 cm³/mol. The number of rotatable bonds is 3. The van der Waals surface area contributed by atoms with E-state index < -0.39 is 16.1 Å². The van der Waals surface area contributed by atoms with Gasteiger partial charge in [-0.3, -0.25) is 0 Å². The highest BCUT2D eigenvalue weighted by Gasteiger charge is 2.38. The average molecular weight is 421 g/mol. The van der Waals surface area contributed by atoms with Crippen LogP contribution in [-0.2, 0) is 22.9 Å². The summed E-state index contributed by atoms with van der Waals surface area (Å²) in [4.78, 5) is 12.5. The summed E-state index contributed by atoms with van der Waals surface area (Å²) in [7, 11) is -3.85. The molecule has 2 aliphatic rings. The van der Waals surface area contributed by atoms with Gasteiger partial charge in [0, 0.05) is 4.47 Å². The number of sulfonamides is 1. The Kier molecular flexibility index (Phi) is 4.08. The zero-order valence-corrected chi connectivity index (χ0v) is 15.8. The van der Waals surface area contributed by atoms with Crippen molar-refractivity contribution in [2.45, 2.75) is 30.2 Å². The van der Waals surface area contributed by atoms with E-state index in [0.29, 0.717) is 0 Å². The molecule has 0 saturated carbocycles. The van der Waals surface area contributed by atoms with E-state index in [2.05, 4.69) is 21.2 Å². The van der Waals surface area contributed by atoms with Crippen LogP contribution < -0.4 is 5.32 Å². The summed E-state index contributed by atoms with van der Waals surface area (Å²) in [6.45, 7) is 0.0971. The highest BCUT2D eigenvalue weighted by molar-refractivity contribution is 9.10. The molecule has 1 heterocycles. The monoisotopic (exact) mass is 420 g/mol. The second kappa shape index (κ2) is 6.14. The van der Waals surface area contributed by atoms with Crippen molar-refractivity contribution in [1.29, 1.82) is 0 Å². The third-order valence-corrected chi connectivity index (χ3v) is 7.08. The summed E-state index contributed by atoms with van der Waals surface area (Å²) in [6, 6.07) is 11.8. The van der Waals surface area contributed by atoms with Gasteiger partial charge in [0.15, 0.2) is 0 Å². The average Bonchev–Trinajstić information content (AvgIpc) is 3.21. The van der Waals surface area contributed by atoms with Crippen molar-refractivity contribution >= 4 is 32.0 Å². The van der Waals surface area contributed by atoms with E-state index in [-0.39, 0.29) is 17.5 Å². The minimum absolute atomic E-state index is 0.0971. The van der Waals surface area contributed by atoms with Gasteiger partial charge in [-0.1, -0.05) is 34.1 Å². The van der Waals surface area contributed by atoms with E-state index in [4.69, 9.17) is 0 Å². The van der Waals surface area contributed by atoms with Crippen LogP contribution in [0, 0.1) is 0 Å². The Balaban J connectivity index is 1.62. The van der Waals surface area contributed by atoms with Gasteiger partial charge in [-0.15, -0.1) is 0 Å². The zero-order valence-electron chi connectivity index (χ0n) is 13.4. The molecular formula is C18H17BrN2O3S. The van der Waals surface area contributed by atoms with Crippen LogP contribution in [-0.4, -0.2) is 25.3 Å². The minimum Gasteiger partial charge on any atom is -0.328 e. The van der Waals surface area contributed by atoms with E-state index in [1.807, 2.05) is 30.3 Å². The summed E-state index contributed by atoms with van der Waals surface area (Å²) in [6.07, 6.45) is 2.94. The Bertz CT molecular complexity index is 941. The summed E-state index contributed by atoms with van der Waals surface area (Å²) in [5.41, 5.74) is 3.16. The molecule has 1 unspecified atom stereocenters. The normalized spacial score (nSPS) is 19.8. The van der Waals surface area contributed by atoms with Crippen LogP contribution >= 0.6 is 15.9 Å². The van der Waals surface area contributed by atoms with Crippen LogP contribution in [0.3, 0.4) is 0 Å². The van der Waals surface area contributed by atoms with E-state index in [0.717, 1.165) is 39.2 Å². The van der Waals surface area contributed by atoms with Gasteiger partial charge >= 0.3 is 6.03 Å². The number of carbonyl (C=O) groups is 1. The van der Waals surface area contributed by atoms with Gasteiger partial charge < -0.3 is 5.32 Å². The Morgan fingerprint density at radius 1 is 1.04 bits per heavy atom. The lowest BCUT2D eigenvalue weighted by molar-refractivity contribution is 0.235. The zero-order chi connectivity index (χ0) is 17.6. The SMILES string of the molecule is O=C1NC(c2ccc(Br)cc2)CN1S(=O)(=O)c1ccc2c(c1)CCC2. The summed E-state index contributed by atoms with van der Waals surface area (Å²) in [5, 5.41) is 2.76. The topological polar surface area (TPSA) is 66.5 Å². The second-order valence-electron chi connectivity index (χ2n) is 6.37. The highest BCUT2D eigenvalue weighted by atomic mass is 79.9. The number of amides is 2. The molecule has 25 heavy (non-hydrogen) atoms. The van der Waals surface area contributed by atoms with Gasteiger partial charge in [-0.25, -0.2) is 17.5 Å². The molecule has 2 aromatic rings. The number of carbonyl (C=O) groups excluding carboxylic acids is 1. The fourth-order valence-electron chi connectivity index (χ4n) is 3.44. The summed E-state index contributed by atoms with van der Waals surface area (Å²) < 4.78 is 27.7. The molecule has 130 valence electrons. The molecule has 5 nitrogen and oxygen atoms in total. The van der Waals surface area contributed by atoms with Crippen molar-refractivity contribution in [3.8, 4) is 0 Å². The van der Waals surface area contributed by atoms with Crippen LogP contribution in [0.15, 0.2) is 51.8 Å². The molecule has 0 radical (unpaired) electrons. The first-order valence-corrected chi connectivity index (χ1v) is 10.4. The number of halogens is 1. The van der Waals surface area contributed by atoms with Gasteiger partial charge in [-0.2, -0.15) is 0 Å². The maximum atomic E-state index is 12.9. The number of nitrogens with zero attached hydrogens (tertiary/aromatic N) is 1. The number of aryl methyl sites for hydroxylation is 2. The Labute approximate surface area is 155 Å². The molecular weight excluding hydrogens is 404 g/mol. The third-order valence-electron chi connectivity index (χ3n) is 4.80. The van der Waals surface area contributed by atoms with Crippen LogP contribution in [0.2, 0.25) is 0 Å². The number of fused-ring (bicyclic) bond motifs is 1. The van der Waals surface area contributed by atoms with Crippen LogP contribution in [0.25, 0.3) is 0 Å². The van der Waals surface area contributed by atoms with Crippen molar-refractivity contribution < 1.29 is 13.2 Å². The maximum absolute atomic E-state index is 12.9. The molecule has 2 aromatic carbocycles. The summed E-state index contributed by atoms with van der Waals surface area (Å²) >= 11 is 3.37. The number of hydrogen-bond donors (Lipinski definition) is 1. The third kappa shape index (κ3) is 2.95. The van der Waals surface area contributed by atoms with E-state index in [1.54, 1.807) is 12.1 Å². The van der Waals surface area contributed by atoms with Crippen molar-refractivity contribution in [2.24, 2.45) is 0 Å². The van der Waals surface area contributed by atoms with Crippen LogP contribution in [0.5, 0.6) is 0 Å². The Hall–Kier alpha value is -1.86. The largest absolute Gasteiger partial charge is 0.331 e. The smallest absolute Gasteiger partial charge is 0.328 e. The molecule has 1 atom stereocenters. The highest BCUT2D eigenvalue weighted by Crippen LogP contribution is 2.30.